The molecule has 5 aromatic rings. The van der Waals surface area contributed by atoms with Gasteiger partial charge in [0, 0.05) is 0 Å². The van der Waals surface area contributed by atoms with Gasteiger partial charge in [-0.25, -0.2) is 87.8 Å². The molecule has 1 nitrogen and oxygen atoms in total. The number of halogens is 20. The molecular formula is C65H78BF20N. The molecule has 0 saturated heterocycles. The molecule has 0 bridgehead atoms. The maximum atomic E-state index is 15.4. The Balaban J connectivity index is 0.000000374. The van der Waals surface area contributed by atoms with E-state index in [9.17, 15) is 52.7 Å². The highest BCUT2D eigenvalue weighted by molar-refractivity contribution is 7.20. The number of quaternary nitrogens is 1. The summed E-state index contributed by atoms with van der Waals surface area (Å²) in [5.74, 6) is -71.4. The summed E-state index contributed by atoms with van der Waals surface area (Å²) in [6.07, 6.45) is 37.4. The first-order valence-electron chi connectivity index (χ1n) is 30.6. The van der Waals surface area contributed by atoms with E-state index in [1.807, 2.05) is 0 Å². The molecule has 0 aliphatic heterocycles. The summed E-state index contributed by atoms with van der Waals surface area (Å²) in [4.78, 5) is 1.59. The molecule has 0 radical (unpaired) electrons. The molecule has 486 valence electrons. The summed E-state index contributed by atoms with van der Waals surface area (Å²) < 4.78 is 294. The SMILES string of the molecule is CCCCCCCCCCCCCCCCCC[NH+](C)c1ccc(CCCCCCCCCCCCCCCC)cc1.Fc1c(F)c(F)c([B-](c2c(F)c(F)c(F)c(F)c2F)(c2c(F)c(F)c(F)c(F)c2F)c2c(F)c(F)c(F)c(F)c2F)c(F)c1F. The minimum absolute atomic E-state index is 1.26. The van der Waals surface area contributed by atoms with E-state index in [-0.39, 0.29) is 0 Å². The zero-order valence-electron chi connectivity index (χ0n) is 49.6. The first-order valence-corrected chi connectivity index (χ1v) is 30.6. The van der Waals surface area contributed by atoms with Gasteiger partial charge >= 0.3 is 0 Å². The van der Waals surface area contributed by atoms with Gasteiger partial charge in [0.05, 0.1) is 13.6 Å². The summed E-state index contributed by atoms with van der Waals surface area (Å²) in [5, 5.41) is 0. The molecule has 0 aliphatic carbocycles. The van der Waals surface area contributed by atoms with E-state index in [1.54, 1.807) is 4.90 Å². The molecule has 5 aromatic carbocycles. The van der Waals surface area contributed by atoms with Crippen molar-refractivity contribution in [2.24, 2.45) is 0 Å². The molecule has 0 aliphatic rings. The molecular weight excluding hydrogens is 1190 g/mol. The van der Waals surface area contributed by atoms with Crippen LogP contribution in [0.3, 0.4) is 0 Å². The van der Waals surface area contributed by atoms with E-state index in [2.05, 4.69) is 45.2 Å². The van der Waals surface area contributed by atoms with Gasteiger partial charge in [0.15, 0.2) is 69.8 Å². The lowest BCUT2D eigenvalue weighted by Gasteiger charge is -2.44. The van der Waals surface area contributed by atoms with Gasteiger partial charge in [-0.05, 0) is 43.4 Å². The first-order chi connectivity index (χ1) is 41.5. The number of hydrogen-bond acceptors (Lipinski definition) is 0. The Hall–Kier alpha value is -5.28. The van der Waals surface area contributed by atoms with Crippen molar-refractivity contribution in [2.75, 3.05) is 13.6 Å². The Bertz CT molecular complexity index is 2570. The van der Waals surface area contributed by atoms with Gasteiger partial charge in [-0.2, -0.15) is 0 Å². The molecule has 1 atom stereocenters. The van der Waals surface area contributed by atoms with Crippen molar-refractivity contribution in [1.29, 1.82) is 0 Å². The topological polar surface area (TPSA) is 4.44 Å². The maximum absolute atomic E-state index is 15.4. The fourth-order valence-corrected chi connectivity index (χ4v) is 11.4. The zero-order valence-corrected chi connectivity index (χ0v) is 49.6. The lowest BCUT2D eigenvalue weighted by Crippen LogP contribution is -3.03. The van der Waals surface area contributed by atoms with Gasteiger partial charge in [-0.3, -0.25) is 0 Å². The van der Waals surface area contributed by atoms with Crippen molar-refractivity contribution in [3.8, 4) is 0 Å². The number of nitrogens with one attached hydrogen (secondary N) is 1. The van der Waals surface area contributed by atoms with Crippen LogP contribution in [0.4, 0.5) is 93.5 Å². The zero-order chi connectivity index (χ0) is 64.5. The highest BCUT2D eigenvalue weighted by atomic mass is 19.2. The molecule has 1 unspecified atom stereocenters. The van der Waals surface area contributed by atoms with E-state index in [0.717, 1.165) is 0 Å². The molecule has 87 heavy (non-hydrogen) atoms. The quantitative estimate of drug-likeness (QED) is 0.0133. The Labute approximate surface area is 497 Å². The Morgan fingerprint density at radius 1 is 0.241 bits per heavy atom. The van der Waals surface area contributed by atoms with Crippen molar-refractivity contribution >= 4 is 33.7 Å². The number of unbranched alkanes of at least 4 members (excludes halogenated alkanes) is 28. The van der Waals surface area contributed by atoms with Crippen LogP contribution in [0.1, 0.15) is 212 Å². The van der Waals surface area contributed by atoms with Crippen molar-refractivity contribution in [1.82, 2.24) is 0 Å². The summed E-state index contributed by atoms with van der Waals surface area (Å²) in [6, 6.07) is 9.57. The van der Waals surface area contributed by atoms with E-state index in [4.69, 9.17) is 0 Å². The largest absolute Gasteiger partial charge is 0.305 e. The van der Waals surface area contributed by atoms with Crippen LogP contribution in [-0.2, 0) is 6.42 Å². The summed E-state index contributed by atoms with van der Waals surface area (Å²) >= 11 is 0. The van der Waals surface area contributed by atoms with Crippen LogP contribution in [-0.4, -0.2) is 19.7 Å². The first kappa shape index (κ1) is 74.2. The summed E-state index contributed by atoms with van der Waals surface area (Å²) in [7, 11) is 2.35. The van der Waals surface area contributed by atoms with Gasteiger partial charge in [0.2, 0.25) is 0 Å². The molecule has 0 aromatic heterocycles. The minimum atomic E-state index is -7.22. The highest BCUT2D eigenvalue weighted by Crippen LogP contribution is 2.31. The second kappa shape index (κ2) is 37.0. The Morgan fingerprint density at radius 3 is 0.644 bits per heavy atom. The second-order valence-electron chi connectivity index (χ2n) is 22.7. The lowest BCUT2D eigenvalue weighted by molar-refractivity contribution is -0.810. The lowest BCUT2D eigenvalue weighted by atomic mass is 9.12. The molecule has 0 saturated carbocycles. The molecule has 0 heterocycles. The van der Waals surface area contributed by atoms with E-state index < -0.39 is 144 Å². The molecule has 22 heteroatoms. The third-order valence-electron chi connectivity index (χ3n) is 16.4. The fourth-order valence-electron chi connectivity index (χ4n) is 11.4. The van der Waals surface area contributed by atoms with Crippen LogP contribution in [0.25, 0.3) is 0 Å². The third kappa shape index (κ3) is 18.9. The van der Waals surface area contributed by atoms with Crippen LogP contribution in [0.15, 0.2) is 24.3 Å². The molecule has 5 rings (SSSR count). The van der Waals surface area contributed by atoms with Crippen molar-refractivity contribution in [3.63, 3.8) is 0 Å². The van der Waals surface area contributed by atoms with Crippen LogP contribution in [0.5, 0.6) is 0 Å². The highest BCUT2D eigenvalue weighted by Gasteiger charge is 2.52. The average molecular weight is 1260 g/mol. The predicted molar refractivity (Wildman–Crippen MR) is 301 cm³/mol. The van der Waals surface area contributed by atoms with Crippen molar-refractivity contribution < 1.29 is 92.7 Å². The van der Waals surface area contributed by atoms with E-state index >= 15 is 35.1 Å². The summed E-state index contributed by atoms with van der Waals surface area (Å²) in [6.45, 7) is 5.89. The molecule has 0 fully saturated rings. The van der Waals surface area contributed by atoms with Gasteiger partial charge in [0.25, 0.3) is 0 Å². The van der Waals surface area contributed by atoms with Crippen LogP contribution in [0.2, 0.25) is 0 Å². The predicted octanol–water partition coefficient (Wildman–Crippen LogP) is 19.0. The number of rotatable bonds is 37. The smallest absolute Gasteiger partial charge is 0.200 e. The Morgan fingerprint density at radius 2 is 0.425 bits per heavy atom. The van der Waals surface area contributed by atoms with Gasteiger partial charge in [-0.15, -0.1) is 21.9 Å². The Kier molecular flexibility index (Phi) is 31.6. The van der Waals surface area contributed by atoms with Gasteiger partial charge in [-0.1, -0.05) is 199 Å². The van der Waals surface area contributed by atoms with Crippen LogP contribution >= 0.6 is 0 Å². The van der Waals surface area contributed by atoms with Crippen molar-refractivity contribution in [2.45, 2.75) is 213 Å². The number of aryl methyl sites for hydroxylation is 1. The standard InChI is InChI=1S/C41H77N.C24BF20/c1-4-6-8-10-12-14-16-18-20-21-23-25-27-29-31-33-39-42(3)41-37-35-40(36-38-41)34-32-30-28-26-24-22-19-17-15-13-11-9-7-5-2;26-5-1(6(27)14(35)21(42)13(5)34)25(2-7(28)15(36)22(43)16(37)8(2)29,3-9(30)17(38)23(44)18(39)10(3)31)4-11(32)19(40)24(45)20(41)12(4)33/h35-38H,4-34,39H2,1-3H3;/q;-1/p+1. The van der Waals surface area contributed by atoms with Gasteiger partial charge < -0.3 is 4.90 Å². The van der Waals surface area contributed by atoms with E-state index in [0.29, 0.717) is 0 Å². The van der Waals surface area contributed by atoms with E-state index in [1.165, 1.54) is 217 Å². The number of benzene rings is 5. The third-order valence-corrected chi connectivity index (χ3v) is 16.4. The molecule has 0 spiro atoms. The van der Waals surface area contributed by atoms with Crippen molar-refractivity contribution in [3.05, 3.63) is 146 Å². The average Bonchev–Trinajstić information content (AvgIpc) is 0.688. The van der Waals surface area contributed by atoms with Crippen LogP contribution < -0.4 is 26.8 Å². The monoisotopic (exact) mass is 1260 g/mol. The maximum Gasteiger partial charge on any atom is 0.200 e. The fraction of sp³-hybridized carbons (Fsp3) is 0.538. The minimum Gasteiger partial charge on any atom is -0.305 e. The summed E-state index contributed by atoms with van der Waals surface area (Å²) in [5.41, 5.74) is -11.3. The normalized spacial score (nSPS) is 12.1. The molecule has 1 N–H and O–H groups in total. The van der Waals surface area contributed by atoms with Crippen LogP contribution in [0, 0.1) is 116 Å². The second-order valence-corrected chi connectivity index (χ2v) is 22.7. The van der Waals surface area contributed by atoms with Gasteiger partial charge in [0.1, 0.15) is 58.4 Å². The molecule has 0 amide bonds. The number of hydrogen-bond donors (Lipinski definition) is 1.